The van der Waals surface area contributed by atoms with E-state index in [-0.39, 0.29) is 23.6 Å². The quantitative estimate of drug-likeness (QED) is 0.329. The number of methoxy groups -OCH3 is 1. The molecule has 3 aromatic carbocycles. The van der Waals surface area contributed by atoms with E-state index >= 15 is 0 Å². The summed E-state index contributed by atoms with van der Waals surface area (Å²) in [6.07, 6.45) is 0. The van der Waals surface area contributed by atoms with Crippen molar-refractivity contribution in [2.45, 2.75) is 6.92 Å². The van der Waals surface area contributed by atoms with Crippen LogP contribution >= 0.6 is 11.3 Å². The molecule has 0 fully saturated rings. The molecular weight excluding hydrogens is 478 g/mol. The van der Waals surface area contributed by atoms with E-state index in [1.54, 1.807) is 49.7 Å². The Bertz CT molecular complexity index is 1670. The molecule has 0 aliphatic rings. The van der Waals surface area contributed by atoms with Gasteiger partial charge < -0.3 is 14.8 Å². The monoisotopic (exact) mass is 499 g/mol. The second kappa shape index (κ2) is 9.63. The highest BCUT2D eigenvalue weighted by Gasteiger charge is 2.23. The van der Waals surface area contributed by atoms with E-state index in [0.717, 1.165) is 26.8 Å². The largest absolute Gasteiger partial charge is 0.497 e. The van der Waals surface area contributed by atoms with Crippen molar-refractivity contribution in [1.29, 1.82) is 0 Å². The average Bonchev–Trinajstić information content (AvgIpc) is 3.32. The molecular formula is C27H21N3O5S. The summed E-state index contributed by atoms with van der Waals surface area (Å²) in [5.41, 5.74) is 0.428. The van der Waals surface area contributed by atoms with Crippen LogP contribution in [0.2, 0.25) is 0 Å². The minimum absolute atomic E-state index is 0.0100. The molecule has 36 heavy (non-hydrogen) atoms. The molecule has 0 atom stereocenters. The van der Waals surface area contributed by atoms with Gasteiger partial charge in [0.2, 0.25) is 0 Å². The van der Waals surface area contributed by atoms with Crippen LogP contribution in [-0.2, 0) is 4.74 Å². The van der Waals surface area contributed by atoms with Crippen molar-refractivity contribution in [3.63, 3.8) is 0 Å². The summed E-state index contributed by atoms with van der Waals surface area (Å²) in [7, 11) is 1.54. The van der Waals surface area contributed by atoms with Gasteiger partial charge in [0.1, 0.15) is 10.8 Å². The van der Waals surface area contributed by atoms with Crippen LogP contribution in [0, 0.1) is 0 Å². The van der Waals surface area contributed by atoms with E-state index in [1.807, 2.05) is 36.4 Å². The Labute approximate surface area is 209 Å². The first-order valence-corrected chi connectivity index (χ1v) is 12.0. The summed E-state index contributed by atoms with van der Waals surface area (Å²) in [6, 6.07) is 19.7. The Morgan fingerprint density at radius 2 is 1.75 bits per heavy atom. The molecule has 5 rings (SSSR count). The fourth-order valence-corrected chi connectivity index (χ4v) is 4.92. The van der Waals surface area contributed by atoms with Crippen LogP contribution < -0.4 is 15.6 Å². The Hall–Kier alpha value is -4.50. The number of ether oxygens (including phenoxy) is 2. The maximum Gasteiger partial charge on any atom is 0.359 e. The van der Waals surface area contributed by atoms with Gasteiger partial charge in [0, 0.05) is 16.3 Å². The lowest BCUT2D eigenvalue weighted by atomic mass is 10.0. The zero-order chi connectivity index (χ0) is 25.2. The van der Waals surface area contributed by atoms with Crippen LogP contribution in [-0.4, -0.2) is 35.4 Å². The third-order valence-corrected chi connectivity index (χ3v) is 6.59. The lowest BCUT2D eigenvalue weighted by molar-refractivity contribution is 0.0520. The molecule has 1 N–H and O–H groups in total. The number of benzene rings is 3. The first-order valence-electron chi connectivity index (χ1n) is 11.2. The van der Waals surface area contributed by atoms with Crippen molar-refractivity contribution in [3.8, 4) is 11.4 Å². The van der Waals surface area contributed by atoms with Gasteiger partial charge in [-0.2, -0.15) is 9.78 Å². The molecule has 2 aromatic heterocycles. The van der Waals surface area contributed by atoms with Crippen molar-refractivity contribution >= 4 is 49.8 Å². The van der Waals surface area contributed by atoms with Crippen LogP contribution in [0.15, 0.2) is 76.9 Å². The average molecular weight is 500 g/mol. The van der Waals surface area contributed by atoms with Gasteiger partial charge in [-0.3, -0.25) is 9.59 Å². The number of nitrogens with zero attached hydrogens (tertiary/aromatic N) is 2. The lowest BCUT2D eigenvalue weighted by Crippen LogP contribution is -2.25. The van der Waals surface area contributed by atoms with E-state index < -0.39 is 11.5 Å². The molecule has 9 heteroatoms. The lowest BCUT2D eigenvalue weighted by Gasteiger charge is -2.11. The Morgan fingerprint density at radius 1 is 1.00 bits per heavy atom. The number of hydrogen-bond acceptors (Lipinski definition) is 7. The molecule has 0 radical (unpaired) electrons. The molecule has 0 unspecified atom stereocenters. The van der Waals surface area contributed by atoms with Crippen molar-refractivity contribution in [1.82, 2.24) is 9.78 Å². The van der Waals surface area contributed by atoms with Gasteiger partial charge in [-0.15, -0.1) is 11.3 Å². The van der Waals surface area contributed by atoms with Crippen molar-refractivity contribution in [2.75, 3.05) is 19.0 Å². The Balaban J connectivity index is 1.65. The maximum absolute atomic E-state index is 13.6. The van der Waals surface area contributed by atoms with Crippen LogP contribution in [0.1, 0.15) is 27.8 Å². The summed E-state index contributed by atoms with van der Waals surface area (Å²) >= 11 is 1.15. The standard InChI is InChI=1S/C27H21N3O5S/c1-3-35-27(33)23-21-15-36-25(28-24(31)20-10-6-8-16-7-4-5-9-19(16)20)22(21)26(32)30(29-23)17-11-13-18(34-2)14-12-17/h4-15H,3H2,1-2H3,(H,28,31). The first kappa shape index (κ1) is 23.3. The zero-order valence-electron chi connectivity index (χ0n) is 19.5. The molecule has 0 aliphatic carbocycles. The predicted octanol–water partition coefficient (Wildman–Crippen LogP) is 5.04. The molecule has 2 heterocycles. The molecule has 0 saturated carbocycles. The van der Waals surface area contributed by atoms with Crippen molar-refractivity contribution in [3.05, 3.63) is 93.7 Å². The fourth-order valence-electron chi connectivity index (χ4n) is 3.98. The van der Waals surface area contributed by atoms with Gasteiger partial charge in [0.05, 0.1) is 24.8 Å². The first-order chi connectivity index (χ1) is 17.5. The number of nitrogens with one attached hydrogen (secondary N) is 1. The third kappa shape index (κ3) is 4.09. The highest BCUT2D eigenvalue weighted by atomic mass is 32.1. The number of anilines is 1. The summed E-state index contributed by atoms with van der Waals surface area (Å²) < 4.78 is 11.5. The van der Waals surface area contributed by atoms with Crippen LogP contribution in [0.3, 0.4) is 0 Å². The summed E-state index contributed by atoms with van der Waals surface area (Å²) in [6.45, 7) is 1.84. The van der Waals surface area contributed by atoms with Crippen LogP contribution in [0.4, 0.5) is 5.00 Å². The van der Waals surface area contributed by atoms with Gasteiger partial charge in [-0.1, -0.05) is 36.4 Å². The fraction of sp³-hybridized carbons (Fsp3) is 0.111. The Kier molecular flexibility index (Phi) is 6.22. The number of carbonyl (C=O) groups is 2. The third-order valence-electron chi connectivity index (χ3n) is 5.70. The van der Waals surface area contributed by atoms with E-state index in [2.05, 4.69) is 10.4 Å². The summed E-state index contributed by atoms with van der Waals surface area (Å²) in [5.74, 6) is -0.410. The predicted molar refractivity (Wildman–Crippen MR) is 140 cm³/mol. The number of rotatable bonds is 6. The number of carbonyl (C=O) groups excluding carboxylic acids is 2. The summed E-state index contributed by atoms with van der Waals surface area (Å²) in [5, 5.41) is 11.4. The van der Waals surface area contributed by atoms with Crippen molar-refractivity contribution < 1.29 is 19.1 Å². The molecule has 0 bridgehead atoms. The van der Waals surface area contributed by atoms with Gasteiger partial charge in [0.25, 0.3) is 11.5 Å². The molecule has 5 aromatic rings. The number of amides is 1. The highest BCUT2D eigenvalue weighted by Crippen LogP contribution is 2.32. The van der Waals surface area contributed by atoms with Crippen LogP contribution in [0.5, 0.6) is 5.75 Å². The topological polar surface area (TPSA) is 99.5 Å². The van der Waals surface area contributed by atoms with Crippen molar-refractivity contribution in [2.24, 2.45) is 0 Å². The van der Waals surface area contributed by atoms with Gasteiger partial charge in [-0.25, -0.2) is 4.79 Å². The molecule has 8 nitrogen and oxygen atoms in total. The second-order valence-corrected chi connectivity index (χ2v) is 8.70. The minimum Gasteiger partial charge on any atom is -0.497 e. The number of hydrogen-bond donors (Lipinski definition) is 1. The van der Waals surface area contributed by atoms with E-state index in [1.165, 1.54) is 0 Å². The smallest absolute Gasteiger partial charge is 0.359 e. The number of aromatic nitrogens is 2. The number of fused-ring (bicyclic) bond motifs is 2. The zero-order valence-corrected chi connectivity index (χ0v) is 20.3. The van der Waals surface area contributed by atoms with Crippen LogP contribution in [0.25, 0.3) is 27.2 Å². The minimum atomic E-state index is -0.658. The number of esters is 1. The normalized spacial score (nSPS) is 10.9. The van der Waals surface area contributed by atoms with E-state index in [9.17, 15) is 14.4 Å². The van der Waals surface area contributed by atoms with E-state index in [4.69, 9.17) is 9.47 Å². The maximum atomic E-state index is 13.6. The molecule has 1 amide bonds. The molecule has 0 aliphatic heterocycles. The molecule has 0 saturated heterocycles. The van der Waals surface area contributed by atoms with Gasteiger partial charge >= 0.3 is 5.97 Å². The van der Waals surface area contributed by atoms with Gasteiger partial charge in [0.15, 0.2) is 5.69 Å². The SMILES string of the molecule is CCOC(=O)c1nn(-c2ccc(OC)cc2)c(=O)c2c(NC(=O)c3cccc4ccccc34)scc12. The highest BCUT2D eigenvalue weighted by molar-refractivity contribution is 7.16. The summed E-state index contributed by atoms with van der Waals surface area (Å²) in [4.78, 5) is 39.6. The Morgan fingerprint density at radius 3 is 2.50 bits per heavy atom. The van der Waals surface area contributed by atoms with E-state index in [0.29, 0.717) is 27.4 Å². The molecule has 180 valence electrons. The number of thiophene rings is 1. The molecule has 0 spiro atoms. The second-order valence-electron chi connectivity index (χ2n) is 7.82. The van der Waals surface area contributed by atoms with Gasteiger partial charge in [-0.05, 0) is 48.0 Å².